The first-order chi connectivity index (χ1) is 15.6. The van der Waals surface area contributed by atoms with E-state index in [-0.39, 0.29) is 5.92 Å². The summed E-state index contributed by atoms with van der Waals surface area (Å²) >= 11 is 0. The number of rotatable bonds is 21. The summed E-state index contributed by atoms with van der Waals surface area (Å²) in [5.41, 5.74) is 0. The highest BCUT2D eigenvalue weighted by molar-refractivity contribution is 4.96. The molecule has 1 saturated heterocycles. The molecule has 1 fully saturated rings. The van der Waals surface area contributed by atoms with Crippen molar-refractivity contribution in [3.05, 3.63) is 0 Å². The maximum atomic E-state index is 10.5. The number of aliphatic hydroxyl groups excluding tert-OH is 4. The van der Waals surface area contributed by atoms with Crippen molar-refractivity contribution in [1.82, 2.24) is 0 Å². The van der Waals surface area contributed by atoms with Gasteiger partial charge in [-0.15, -0.1) is 0 Å². The molecule has 0 aromatic heterocycles. The molecule has 0 spiro atoms. The summed E-state index contributed by atoms with van der Waals surface area (Å²) < 4.78 is 17.5. The van der Waals surface area contributed by atoms with Crippen molar-refractivity contribution in [1.29, 1.82) is 0 Å². The maximum absolute atomic E-state index is 10.5. The van der Waals surface area contributed by atoms with Crippen LogP contribution >= 0.6 is 0 Å². The van der Waals surface area contributed by atoms with Crippen LogP contribution in [0.3, 0.4) is 0 Å². The normalized spacial score (nSPS) is 24.5. The van der Waals surface area contributed by atoms with Crippen LogP contribution in [0, 0.1) is 5.92 Å². The molecular weight excluding hydrogens is 412 g/mol. The van der Waals surface area contributed by atoms with Gasteiger partial charge in [0.2, 0.25) is 0 Å². The molecule has 1 rings (SSSR count). The van der Waals surface area contributed by atoms with E-state index in [0.717, 1.165) is 25.7 Å². The van der Waals surface area contributed by atoms with Crippen molar-refractivity contribution in [2.45, 2.75) is 121 Å². The van der Waals surface area contributed by atoms with Gasteiger partial charge in [0.15, 0.2) is 0 Å². The third-order valence-corrected chi connectivity index (χ3v) is 6.32. The van der Waals surface area contributed by atoms with Crippen LogP contribution < -0.4 is 0 Å². The minimum atomic E-state index is -1.25. The minimum Gasteiger partial charge on any atom is -0.394 e. The van der Waals surface area contributed by atoms with Crippen molar-refractivity contribution >= 4 is 0 Å². The van der Waals surface area contributed by atoms with Gasteiger partial charge in [0.25, 0.3) is 0 Å². The second-order valence-corrected chi connectivity index (χ2v) is 9.24. The molecule has 1 heterocycles. The van der Waals surface area contributed by atoms with E-state index in [1.54, 1.807) is 0 Å². The number of hydrogen-bond acceptors (Lipinski definition) is 7. The first-order valence-electron chi connectivity index (χ1n) is 13.0. The number of unbranched alkanes of at least 4 members (excludes halogenated alkanes) is 10. The van der Waals surface area contributed by atoms with E-state index >= 15 is 0 Å². The van der Waals surface area contributed by atoms with Gasteiger partial charge in [0.1, 0.15) is 24.4 Å². The Labute approximate surface area is 195 Å². The van der Waals surface area contributed by atoms with Gasteiger partial charge in [-0.1, -0.05) is 78.1 Å². The lowest BCUT2D eigenvalue weighted by atomic mass is 9.96. The fourth-order valence-corrected chi connectivity index (χ4v) is 4.22. The average molecular weight is 463 g/mol. The maximum Gasteiger partial charge on any atom is 0.115 e. The molecular formula is C25H50O7. The van der Waals surface area contributed by atoms with Gasteiger partial charge in [0.05, 0.1) is 25.9 Å². The van der Waals surface area contributed by atoms with E-state index in [4.69, 9.17) is 14.2 Å². The SMILES string of the molecule is CCCCCCCCOCC(COCCCCCCCC)[C@@H]1O[C@H]([C@H](O)CO)C(O)C1O. The van der Waals surface area contributed by atoms with Crippen LogP contribution in [0.2, 0.25) is 0 Å². The Morgan fingerprint density at radius 1 is 0.688 bits per heavy atom. The third kappa shape index (κ3) is 11.7. The molecule has 0 aliphatic carbocycles. The molecule has 0 aromatic rings. The van der Waals surface area contributed by atoms with Crippen LogP contribution in [-0.2, 0) is 14.2 Å². The minimum absolute atomic E-state index is 0.254. The number of ether oxygens (including phenoxy) is 3. The molecule has 1 aliphatic heterocycles. The lowest BCUT2D eigenvalue weighted by Crippen LogP contribution is -2.41. The lowest BCUT2D eigenvalue weighted by molar-refractivity contribution is -0.109. The van der Waals surface area contributed by atoms with Crippen molar-refractivity contribution in [3.63, 3.8) is 0 Å². The Kier molecular flexibility index (Phi) is 17.7. The van der Waals surface area contributed by atoms with Crippen LogP contribution in [0.25, 0.3) is 0 Å². The molecule has 7 nitrogen and oxygen atoms in total. The van der Waals surface area contributed by atoms with Gasteiger partial charge in [-0.25, -0.2) is 0 Å². The van der Waals surface area contributed by atoms with Crippen LogP contribution in [-0.4, -0.2) is 84.0 Å². The number of aliphatic hydroxyl groups is 4. The topological polar surface area (TPSA) is 109 Å². The van der Waals surface area contributed by atoms with Crippen molar-refractivity contribution in [2.75, 3.05) is 33.0 Å². The van der Waals surface area contributed by atoms with E-state index in [2.05, 4.69) is 13.8 Å². The van der Waals surface area contributed by atoms with E-state index in [1.165, 1.54) is 51.4 Å². The molecule has 5 atom stereocenters. The predicted molar refractivity (Wildman–Crippen MR) is 126 cm³/mol. The van der Waals surface area contributed by atoms with E-state index in [1.807, 2.05) is 0 Å². The lowest BCUT2D eigenvalue weighted by Gasteiger charge is -2.26. The van der Waals surface area contributed by atoms with E-state index < -0.39 is 37.1 Å². The molecule has 4 N–H and O–H groups in total. The molecule has 32 heavy (non-hydrogen) atoms. The zero-order valence-corrected chi connectivity index (χ0v) is 20.5. The fourth-order valence-electron chi connectivity index (χ4n) is 4.22. The highest BCUT2D eigenvalue weighted by atomic mass is 16.6. The Hall–Kier alpha value is -0.280. The van der Waals surface area contributed by atoms with Gasteiger partial charge in [-0.2, -0.15) is 0 Å². The van der Waals surface area contributed by atoms with Crippen LogP contribution in [0.5, 0.6) is 0 Å². The fraction of sp³-hybridized carbons (Fsp3) is 1.00. The van der Waals surface area contributed by atoms with E-state index in [9.17, 15) is 20.4 Å². The van der Waals surface area contributed by atoms with Gasteiger partial charge >= 0.3 is 0 Å². The molecule has 192 valence electrons. The summed E-state index contributed by atoms with van der Waals surface area (Å²) in [5.74, 6) is -0.254. The standard InChI is InChI=1S/C25H50O7/c1-3-5-7-9-11-13-15-30-18-20(19-31-16-14-12-10-8-6-4-2)24-22(28)23(29)25(32-24)21(27)17-26/h20-29H,3-19H2,1-2H3/t21-,22?,23?,24+,25-/m1/s1. The van der Waals surface area contributed by atoms with Crippen molar-refractivity contribution in [3.8, 4) is 0 Å². The molecule has 1 aliphatic rings. The average Bonchev–Trinajstić information content (AvgIpc) is 3.09. The first-order valence-corrected chi connectivity index (χ1v) is 13.0. The second-order valence-electron chi connectivity index (χ2n) is 9.24. The molecule has 0 aromatic carbocycles. The number of hydrogen-bond donors (Lipinski definition) is 4. The monoisotopic (exact) mass is 462 g/mol. The zero-order chi connectivity index (χ0) is 23.6. The summed E-state index contributed by atoms with van der Waals surface area (Å²) in [7, 11) is 0. The summed E-state index contributed by atoms with van der Waals surface area (Å²) in [6.45, 7) is 5.90. The van der Waals surface area contributed by atoms with Crippen LogP contribution in [0.4, 0.5) is 0 Å². The summed E-state index contributed by atoms with van der Waals surface area (Å²) in [4.78, 5) is 0. The molecule has 2 unspecified atom stereocenters. The molecule has 0 saturated carbocycles. The molecule has 0 bridgehead atoms. The van der Waals surface area contributed by atoms with Crippen molar-refractivity contribution < 1.29 is 34.6 Å². The predicted octanol–water partition coefficient (Wildman–Crippen LogP) is 3.20. The second kappa shape index (κ2) is 19.1. The molecule has 0 radical (unpaired) electrons. The molecule has 0 amide bonds. The highest BCUT2D eigenvalue weighted by Gasteiger charge is 2.48. The Morgan fingerprint density at radius 3 is 1.59 bits per heavy atom. The smallest absolute Gasteiger partial charge is 0.115 e. The van der Waals surface area contributed by atoms with E-state index in [0.29, 0.717) is 26.4 Å². The van der Waals surface area contributed by atoms with Gasteiger partial charge < -0.3 is 34.6 Å². The Balaban J connectivity index is 2.44. The quantitative estimate of drug-likeness (QED) is 0.194. The highest BCUT2D eigenvalue weighted by Crippen LogP contribution is 2.29. The summed E-state index contributed by atoms with van der Waals surface area (Å²) in [6, 6.07) is 0. The van der Waals surface area contributed by atoms with Gasteiger partial charge in [-0.3, -0.25) is 0 Å². The van der Waals surface area contributed by atoms with Gasteiger partial charge in [-0.05, 0) is 12.8 Å². The third-order valence-electron chi connectivity index (χ3n) is 6.32. The largest absolute Gasteiger partial charge is 0.394 e. The summed E-state index contributed by atoms with van der Waals surface area (Å²) in [6.07, 6.45) is 8.92. The van der Waals surface area contributed by atoms with Crippen LogP contribution in [0.1, 0.15) is 90.9 Å². The van der Waals surface area contributed by atoms with Crippen LogP contribution in [0.15, 0.2) is 0 Å². The Morgan fingerprint density at radius 2 is 1.12 bits per heavy atom. The first kappa shape index (κ1) is 29.8. The van der Waals surface area contributed by atoms with Crippen molar-refractivity contribution in [2.24, 2.45) is 5.92 Å². The zero-order valence-electron chi connectivity index (χ0n) is 20.5. The van der Waals surface area contributed by atoms with Gasteiger partial charge in [0, 0.05) is 19.1 Å². The Bertz CT molecular complexity index is 403. The summed E-state index contributed by atoms with van der Waals surface area (Å²) in [5, 5.41) is 39.9. The molecule has 7 heteroatoms.